The van der Waals surface area contributed by atoms with Crippen LogP contribution >= 0.6 is 0 Å². The third-order valence-electron chi connectivity index (χ3n) is 3.90. The zero-order chi connectivity index (χ0) is 17.6. The Morgan fingerprint density at radius 2 is 1.28 bits per heavy atom. The van der Waals surface area contributed by atoms with Crippen molar-refractivity contribution in [3.05, 3.63) is 72.3 Å². The number of benzene rings is 3. The molecule has 0 aromatic heterocycles. The van der Waals surface area contributed by atoms with Crippen LogP contribution in [-0.4, -0.2) is 14.2 Å². The maximum atomic E-state index is 5.45. The number of ether oxygens (including phenoxy) is 2. The monoisotopic (exact) mass is 332 g/mol. The smallest absolute Gasteiger partial charge is 0.126 e. The van der Waals surface area contributed by atoms with Crippen molar-refractivity contribution in [1.29, 1.82) is 0 Å². The van der Waals surface area contributed by atoms with Gasteiger partial charge in [0.05, 0.1) is 25.6 Å². The Hall–Kier alpha value is -3.14. The first-order chi connectivity index (χ1) is 12.2. The lowest BCUT2D eigenvalue weighted by molar-refractivity contribution is 0.404. The van der Waals surface area contributed by atoms with E-state index in [1.165, 1.54) is 5.56 Å². The average Bonchev–Trinajstić information content (AvgIpc) is 2.67. The van der Waals surface area contributed by atoms with Gasteiger partial charge in [0.15, 0.2) is 0 Å². The van der Waals surface area contributed by atoms with E-state index in [1.807, 2.05) is 73.7 Å². The van der Waals surface area contributed by atoms with Crippen LogP contribution in [0.2, 0.25) is 0 Å². The number of rotatable bonds is 5. The highest BCUT2D eigenvalue weighted by molar-refractivity contribution is 5.73. The van der Waals surface area contributed by atoms with Gasteiger partial charge in [0.1, 0.15) is 11.5 Å². The standard InChI is InChI=1S/C21H20N2O2/c1-15-4-8-17(9-5-15)22-23-18-10-6-16(7-11-18)20-14-19(24-2)12-13-21(20)25-3/h4-14H,1-3H3. The Labute approximate surface area is 147 Å². The first kappa shape index (κ1) is 16.7. The van der Waals surface area contributed by atoms with Gasteiger partial charge in [-0.1, -0.05) is 29.8 Å². The van der Waals surface area contributed by atoms with E-state index >= 15 is 0 Å². The molecule has 0 aliphatic rings. The van der Waals surface area contributed by atoms with Gasteiger partial charge in [0, 0.05) is 5.56 Å². The summed E-state index contributed by atoms with van der Waals surface area (Å²) >= 11 is 0. The molecular weight excluding hydrogens is 312 g/mol. The van der Waals surface area contributed by atoms with Crippen LogP contribution in [0.1, 0.15) is 5.56 Å². The maximum absolute atomic E-state index is 5.45. The highest BCUT2D eigenvalue weighted by atomic mass is 16.5. The fraction of sp³-hybridized carbons (Fsp3) is 0.143. The molecule has 0 fully saturated rings. The summed E-state index contributed by atoms with van der Waals surface area (Å²) in [6, 6.07) is 21.6. The summed E-state index contributed by atoms with van der Waals surface area (Å²) in [6.07, 6.45) is 0. The van der Waals surface area contributed by atoms with E-state index in [0.29, 0.717) is 0 Å². The van der Waals surface area contributed by atoms with E-state index in [9.17, 15) is 0 Å². The van der Waals surface area contributed by atoms with Crippen molar-refractivity contribution in [3.8, 4) is 22.6 Å². The summed E-state index contributed by atoms with van der Waals surface area (Å²) in [6.45, 7) is 2.05. The van der Waals surface area contributed by atoms with E-state index in [4.69, 9.17) is 9.47 Å². The van der Waals surface area contributed by atoms with E-state index in [-0.39, 0.29) is 0 Å². The van der Waals surface area contributed by atoms with Crippen LogP contribution in [0.3, 0.4) is 0 Å². The van der Waals surface area contributed by atoms with Gasteiger partial charge in [0.2, 0.25) is 0 Å². The predicted octanol–water partition coefficient (Wildman–Crippen LogP) is 6.09. The Bertz CT molecular complexity index is 869. The topological polar surface area (TPSA) is 43.2 Å². The van der Waals surface area contributed by atoms with Gasteiger partial charge in [0.25, 0.3) is 0 Å². The molecule has 0 heterocycles. The number of aryl methyl sites for hydroxylation is 1. The molecule has 0 saturated heterocycles. The average molecular weight is 332 g/mol. The number of azo groups is 1. The van der Waals surface area contributed by atoms with E-state index in [0.717, 1.165) is 34.0 Å². The quantitative estimate of drug-likeness (QED) is 0.530. The first-order valence-corrected chi connectivity index (χ1v) is 8.00. The van der Waals surface area contributed by atoms with Crippen LogP contribution in [-0.2, 0) is 0 Å². The molecule has 3 aromatic carbocycles. The largest absolute Gasteiger partial charge is 0.497 e. The van der Waals surface area contributed by atoms with E-state index < -0.39 is 0 Å². The molecule has 0 aliphatic carbocycles. The molecule has 0 bridgehead atoms. The van der Waals surface area contributed by atoms with Crippen molar-refractivity contribution in [3.63, 3.8) is 0 Å². The lowest BCUT2D eigenvalue weighted by atomic mass is 10.0. The van der Waals surface area contributed by atoms with Crippen LogP contribution in [0.15, 0.2) is 77.0 Å². The SMILES string of the molecule is COc1ccc(OC)c(-c2ccc(N=Nc3ccc(C)cc3)cc2)c1. The highest BCUT2D eigenvalue weighted by Gasteiger charge is 2.07. The number of nitrogens with zero attached hydrogens (tertiary/aromatic N) is 2. The second-order valence-corrected chi connectivity index (χ2v) is 5.65. The summed E-state index contributed by atoms with van der Waals surface area (Å²) in [7, 11) is 3.32. The van der Waals surface area contributed by atoms with Crippen molar-refractivity contribution >= 4 is 11.4 Å². The van der Waals surface area contributed by atoms with Crippen LogP contribution in [0.5, 0.6) is 11.5 Å². The van der Waals surface area contributed by atoms with Crippen molar-refractivity contribution < 1.29 is 9.47 Å². The molecule has 4 heteroatoms. The van der Waals surface area contributed by atoms with Crippen LogP contribution in [0.25, 0.3) is 11.1 Å². The summed E-state index contributed by atoms with van der Waals surface area (Å²) in [5.74, 6) is 1.59. The Morgan fingerprint density at radius 1 is 0.680 bits per heavy atom. The molecule has 4 nitrogen and oxygen atoms in total. The molecule has 0 aliphatic heterocycles. The van der Waals surface area contributed by atoms with Crippen molar-refractivity contribution in [2.75, 3.05) is 14.2 Å². The minimum absolute atomic E-state index is 0.791. The van der Waals surface area contributed by atoms with Gasteiger partial charge in [-0.25, -0.2) is 0 Å². The molecule has 0 radical (unpaired) electrons. The van der Waals surface area contributed by atoms with E-state index in [2.05, 4.69) is 10.2 Å². The third-order valence-corrected chi connectivity index (χ3v) is 3.90. The molecule has 0 spiro atoms. The van der Waals surface area contributed by atoms with Crippen molar-refractivity contribution in [2.45, 2.75) is 6.92 Å². The normalized spacial score (nSPS) is 10.8. The van der Waals surface area contributed by atoms with Gasteiger partial charge in [-0.15, -0.1) is 0 Å². The van der Waals surface area contributed by atoms with Gasteiger partial charge >= 0.3 is 0 Å². The van der Waals surface area contributed by atoms with E-state index in [1.54, 1.807) is 14.2 Å². The molecule has 25 heavy (non-hydrogen) atoms. The summed E-state index contributed by atoms with van der Waals surface area (Å²) in [4.78, 5) is 0. The second kappa shape index (κ2) is 7.62. The fourth-order valence-electron chi connectivity index (χ4n) is 2.47. The fourth-order valence-corrected chi connectivity index (χ4v) is 2.47. The molecule has 0 N–H and O–H groups in total. The lowest BCUT2D eigenvalue weighted by Gasteiger charge is -2.10. The van der Waals surface area contributed by atoms with Gasteiger partial charge in [-0.3, -0.25) is 0 Å². The van der Waals surface area contributed by atoms with Gasteiger partial charge in [-0.2, -0.15) is 10.2 Å². The molecule has 0 amide bonds. The number of hydrogen-bond acceptors (Lipinski definition) is 4. The van der Waals surface area contributed by atoms with Gasteiger partial charge < -0.3 is 9.47 Å². The molecule has 3 rings (SSSR count). The zero-order valence-corrected chi connectivity index (χ0v) is 14.6. The second-order valence-electron chi connectivity index (χ2n) is 5.65. The number of hydrogen-bond donors (Lipinski definition) is 0. The van der Waals surface area contributed by atoms with Crippen LogP contribution in [0.4, 0.5) is 11.4 Å². The van der Waals surface area contributed by atoms with Crippen LogP contribution in [0, 0.1) is 6.92 Å². The molecule has 0 saturated carbocycles. The van der Waals surface area contributed by atoms with Crippen molar-refractivity contribution in [2.24, 2.45) is 10.2 Å². The third kappa shape index (κ3) is 4.04. The summed E-state index contributed by atoms with van der Waals surface area (Å²) in [5, 5.41) is 8.55. The van der Waals surface area contributed by atoms with Crippen molar-refractivity contribution in [1.82, 2.24) is 0 Å². The number of methoxy groups -OCH3 is 2. The van der Waals surface area contributed by atoms with Crippen LogP contribution < -0.4 is 9.47 Å². The molecule has 126 valence electrons. The Kier molecular flexibility index (Phi) is 5.09. The molecule has 3 aromatic rings. The molecular formula is C21H20N2O2. The maximum Gasteiger partial charge on any atom is 0.126 e. The zero-order valence-electron chi connectivity index (χ0n) is 14.6. The summed E-state index contributed by atoms with van der Waals surface area (Å²) < 4.78 is 10.8. The first-order valence-electron chi connectivity index (χ1n) is 8.00. The predicted molar refractivity (Wildman–Crippen MR) is 100 cm³/mol. The minimum atomic E-state index is 0.791. The Balaban J connectivity index is 1.84. The minimum Gasteiger partial charge on any atom is -0.497 e. The van der Waals surface area contributed by atoms with Gasteiger partial charge in [-0.05, 0) is 55.0 Å². The molecule has 0 unspecified atom stereocenters. The summed E-state index contributed by atoms with van der Waals surface area (Å²) in [5.41, 5.74) is 4.85. The highest BCUT2D eigenvalue weighted by Crippen LogP contribution is 2.34. The molecule has 0 atom stereocenters. The lowest BCUT2D eigenvalue weighted by Crippen LogP contribution is -1.90. The Morgan fingerprint density at radius 3 is 1.84 bits per heavy atom.